The van der Waals surface area contributed by atoms with E-state index in [4.69, 9.17) is 16.3 Å². The van der Waals surface area contributed by atoms with Crippen molar-refractivity contribution in [2.45, 2.75) is 0 Å². The van der Waals surface area contributed by atoms with Gasteiger partial charge in [0.1, 0.15) is 5.75 Å². The van der Waals surface area contributed by atoms with E-state index >= 15 is 0 Å². The van der Waals surface area contributed by atoms with Gasteiger partial charge < -0.3 is 15.0 Å². The highest BCUT2D eigenvalue weighted by Gasteiger charge is 2.08. The zero-order valence-corrected chi connectivity index (χ0v) is 14.8. The van der Waals surface area contributed by atoms with Gasteiger partial charge in [-0.05, 0) is 48.5 Å². The molecule has 7 heteroatoms. The van der Waals surface area contributed by atoms with Gasteiger partial charge in [-0.2, -0.15) is 0 Å². The summed E-state index contributed by atoms with van der Waals surface area (Å²) >= 11 is 5.80. The molecule has 0 fully saturated rings. The van der Waals surface area contributed by atoms with Crippen molar-refractivity contribution in [1.82, 2.24) is 10.2 Å². The maximum atomic E-state index is 12.0. The SMILES string of the molecule is CN(c1ccccc1)c1ccc(NC(=O)COc2ccc(Cl)cc2)nn1. The Hall–Kier alpha value is -3.12. The molecule has 26 heavy (non-hydrogen) atoms. The Morgan fingerprint density at radius 1 is 1.04 bits per heavy atom. The molecule has 1 amide bonds. The number of amides is 1. The fourth-order valence-electron chi connectivity index (χ4n) is 2.21. The van der Waals surface area contributed by atoms with Gasteiger partial charge in [-0.15, -0.1) is 10.2 Å². The normalized spacial score (nSPS) is 10.2. The van der Waals surface area contributed by atoms with Crippen LogP contribution in [0, 0.1) is 0 Å². The number of hydrogen-bond acceptors (Lipinski definition) is 5. The molecule has 132 valence electrons. The molecule has 0 bridgehead atoms. The van der Waals surface area contributed by atoms with Crippen LogP contribution in [0.25, 0.3) is 0 Å². The van der Waals surface area contributed by atoms with Crippen molar-refractivity contribution in [2.24, 2.45) is 0 Å². The van der Waals surface area contributed by atoms with E-state index in [9.17, 15) is 4.79 Å². The second kappa shape index (κ2) is 8.31. The molecule has 0 spiro atoms. The molecule has 0 saturated carbocycles. The van der Waals surface area contributed by atoms with E-state index in [1.165, 1.54) is 0 Å². The minimum absolute atomic E-state index is 0.130. The van der Waals surface area contributed by atoms with Crippen LogP contribution in [0.5, 0.6) is 5.75 Å². The smallest absolute Gasteiger partial charge is 0.263 e. The van der Waals surface area contributed by atoms with Crippen molar-refractivity contribution in [1.29, 1.82) is 0 Å². The Kier molecular flexibility index (Phi) is 5.66. The summed E-state index contributed by atoms with van der Waals surface area (Å²) < 4.78 is 5.39. The highest BCUT2D eigenvalue weighted by molar-refractivity contribution is 6.30. The number of rotatable bonds is 6. The maximum absolute atomic E-state index is 12.0. The zero-order valence-electron chi connectivity index (χ0n) is 14.1. The number of carbonyl (C=O) groups is 1. The van der Waals surface area contributed by atoms with Gasteiger partial charge in [-0.1, -0.05) is 29.8 Å². The summed E-state index contributed by atoms with van der Waals surface area (Å²) in [6.45, 7) is -0.130. The third-order valence-electron chi connectivity index (χ3n) is 3.59. The predicted molar refractivity (Wildman–Crippen MR) is 102 cm³/mol. The topological polar surface area (TPSA) is 67.4 Å². The number of halogens is 1. The molecule has 0 aliphatic heterocycles. The van der Waals surface area contributed by atoms with Gasteiger partial charge in [-0.3, -0.25) is 4.79 Å². The largest absolute Gasteiger partial charge is 0.484 e. The summed E-state index contributed by atoms with van der Waals surface area (Å²) in [5, 5.41) is 11.4. The molecular weight excluding hydrogens is 352 g/mol. The third-order valence-corrected chi connectivity index (χ3v) is 3.84. The Bertz CT molecular complexity index is 855. The number of aromatic nitrogens is 2. The average Bonchev–Trinajstić information content (AvgIpc) is 2.68. The second-order valence-electron chi connectivity index (χ2n) is 5.46. The van der Waals surface area contributed by atoms with Crippen molar-refractivity contribution >= 4 is 34.8 Å². The molecule has 6 nitrogen and oxygen atoms in total. The number of ether oxygens (including phenoxy) is 1. The first-order valence-electron chi connectivity index (χ1n) is 7.92. The van der Waals surface area contributed by atoms with E-state index < -0.39 is 0 Å². The lowest BCUT2D eigenvalue weighted by molar-refractivity contribution is -0.118. The molecule has 0 atom stereocenters. The molecule has 0 aliphatic rings. The monoisotopic (exact) mass is 368 g/mol. The molecule has 0 unspecified atom stereocenters. The lowest BCUT2D eigenvalue weighted by atomic mass is 10.3. The van der Waals surface area contributed by atoms with E-state index in [1.807, 2.05) is 42.3 Å². The van der Waals surface area contributed by atoms with Crippen LogP contribution in [0.2, 0.25) is 5.02 Å². The van der Waals surface area contributed by atoms with Gasteiger partial charge in [0.25, 0.3) is 5.91 Å². The Labute approximate surface area is 156 Å². The fourth-order valence-corrected chi connectivity index (χ4v) is 2.34. The van der Waals surface area contributed by atoms with Crippen LogP contribution in [0.4, 0.5) is 17.3 Å². The van der Waals surface area contributed by atoms with E-state index in [1.54, 1.807) is 36.4 Å². The first kappa shape index (κ1) is 17.7. The molecule has 1 aromatic heterocycles. The molecule has 3 rings (SSSR count). The van der Waals surface area contributed by atoms with E-state index in [2.05, 4.69) is 15.5 Å². The summed E-state index contributed by atoms with van der Waals surface area (Å²) in [7, 11) is 1.90. The van der Waals surface area contributed by atoms with Crippen LogP contribution >= 0.6 is 11.6 Å². The molecular formula is C19H17ClN4O2. The van der Waals surface area contributed by atoms with Crippen molar-refractivity contribution in [3.63, 3.8) is 0 Å². The number of nitrogens with one attached hydrogen (secondary N) is 1. The Morgan fingerprint density at radius 3 is 2.42 bits per heavy atom. The third kappa shape index (κ3) is 4.70. The van der Waals surface area contributed by atoms with Crippen LogP contribution in [-0.2, 0) is 4.79 Å². The number of para-hydroxylation sites is 1. The minimum Gasteiger partial charge on any atom is -0.484 e. The number of anilines is 3. The molecule has 2 aromatic carbocycles. The molecule has 0 aliphatic carbocycles. The Balaban J connectivity index is 1.55. The van der Waals surface area contributed by atoms with Crippen LogP contribution in [0.3, 0.4) is 0 Å². The van der Waals surface area contributed by atoms with E-state index in [0.29, 0.717) is 22.4 Å². The molecule has 1 N–H and O–H groups in total. The molecule has 0 saturated heterocycles. The van der Waals surface area contributed by atoms with Crippen LogP contribution in [0.1, 0.15) is 0 Å². The summed E-state index contributed by atoms with van der Waals surface area (Å²) in [5.41, 5.74) is 0.995. The maximum Gasteiger partial charge on any atom is 0.263 e. The highest BCUT2D eigenvalue weighted by atomic mass is 35.5. The summed E-state index contributed by atoms with van der Waals surface area (Å²) in [6, 6.07) is 20.1. The number of nitrogens with zero attached hydrogens (tertiary/aromatic N) is 3. The van der Waals surface area contributed by atoms with Gasteiger partial charge in [-0.25, -0.2) is 0 Å². The molecule has 0 radical (unpaired) electrons. The van der Waals surface area contributed by atoms with Crippen LogP contribution in [0.15, 0.2) is 66.7 Å². The average molecular weight is 369 g/mol. The van der Waals surface area contributed by atoms with E-state index in [-0.39, 0.29) is 12.5 Å². The zero-order chi connectivity index (χ0) is 18.4. The second-order valence-corrected chi connectivity index (χ2v) is 5.90. The lowest BCUT2D eigenvalue weighted by Gasteiger charge is -2.17. The minimum atomic E-state index is -0.321. The van der Waals surface area contributed by atoms with Crippen molar-refractivity contribution in [3.05, 3.63) is 71.8 Å². The Morgan fingerprint density at radius 2 is 1.77 bits per heavy atom. The summed E-state index contributed by atoms with van der Waals surface area (Å²) in [5.74, 6) is 1.28. The lowest BCUT2D eigenvalue weighted by Crippen LogP contribution is -2.21. The van der Waals surface area contributed by atoms with Gasteiger partial charge in [0.15, 0.2) is 18.2 Å². The number of hydrogen-bond donors (Lipinski definition) is 1. The van der Waals surface area contributed by atoms with Gasteiger partial charge in [0, 0.05) is 17.8 Å². The van der Waals surface area contributed by atoms with Gasteiger partial charge in [0.05, 0.1) is 0 Å². The van der Waals surface area contributed by atoms with E-state index in [0.717, 1.165) is 5.69 Å². The van der Waals surface area contributed by atoms with Crippen LogP contribution in [-0.4, -0.2) is 29.8 Å². The standard InChI is InChI=1S/C19H17ClN4O2/c1-24(15-5-3-2-4-6-15)18-12-11-17(22-23-18)21-19(25)13-26-16-9-7-14(20)8-10-16/h2-12H,13H2,1H3,(H,21,22,25). The fraction of sp³-hybridized carbons (Fsp3) is 0.105. The summed E-state index contributed by atoms with van der Waals surface area (Å²) in [4.78, 5) is 13.9. The highest BCUT2D eigenvalue weighted by Crippen LogP contribution is 2.21. The van der Waals surface area contributed by atoms with Crippen molar-refractivity contribution in [3.8, 4) is 5.75 Å². The summed E-state index contributed by atoms with van der Waals surface area (Å²) in [6.07, 6.45) is 0. The van der Waals surface area contributed by atoms with Gasteiger partial charge in [0.2, 0.25) is 0 Å². The van der Waals surface area contributed by atoms with Crippen molar-refractivity contribution < 1.29 is 9.53 Å². The molecule has 1 heterocycles. The first-order chi connectivity index (χ1) is 12.6. The molecule has 3 aromatic rings. The number of carbonyl (C=O) groups excluding carboxylic acids is 1. The van der Waals surface area contributed by atoms with Crippen LogP contribution < -0.4 is 15.0 Å². The first-order valence-corrected chi connectivity index (χ1v) is 8.30. The van der Waals surface area contributed by atoms with Crippen molar-refractivity contribution in [2.75, 3.05) is 23.9 Å². The number of benzene rings is 2. The quantitative estimate of drug-likeness (QED) is 0.714. The van der Waals surface area contributed by atoms with Gasteiger partial charge >= 0.3 is 0 Å². The predicted octanol–water partition coefficient (Wildman–Crippen LogP) is 3.92.